The molecule has 24 heavy (non-hydrogen) atoms. The van der Waals surface area contributed by atoms with Crippen LogP contribution < -0.4 is 10.6 Å². The second-order valence-electron chi connectivity index (χ2n) is 7.05. The first kappa shape index (κ1) is 22.2. The molecule has 4 N–H and O–H groups in total. The van der Waals surface area contributed by atoms with Crippen LogP contribution in [0.4, 0.5) is 4.79 Å². The lowest BCUT2D eigenvalue weighted by Crippen LogP contribution is -2.55. The molecule has 0 saturated carbocycles. The number of ether oxygens (including phenoxy) is 1. The summed E-state index contributed by atoms with van der Waals surface area (Å²) in [6.45, 7) is 10.2. The third-order valence-corrected chi connectivity index (χ3v) is 3.18. The van der Waals surface area contributed by atoms with Gasteiger partial charge < -0.3 is 25.6 Å². The molecule has 140 valence electrons. The fourth-order valence-corrected chi connectivity index (χ4v) is 2.01. The number of alkyl carbamates (subject to hydrolysis) is 1. The smallest absolute Gasteiger partial charge is 0.407 e. The van der Waals surface area contributed by atoms with Gasteiger partial charge in [-0.25, -0.2) is 9.59 Å². The van der Waals surface area contributed by atoms with Gasteiger partial charge in [0, 0.05) is 0 Å². The fraction of sp³-hybridized carbons (Fsp3) is 0.812. The zero-order chi connectivity index (χ0) is 19.1. The van der Waals surface area contributed by atoms with Crippen molar-refractivity contribution in [2.75, 3.05) is 0 Å². The third-order valence-electron chi connectivity index (χ3n) is 3.18. The van der Waals surface area contributed by atoms with Crippen LogP contribution in [0.2, 0.25) is 0 Å². The van der Waals surface area contributed by atoms with Crippen molar-refractivity contribution in [3.63, 3.8) is 0 Å². The first-order valence-corrected chi connectivity index (χ1v) is 8.09. The number of amides is 2. The number of aliphatic carboxylic acids is 1. The number of carbonyl (C=O) groups is 3. The number of hydrogen-bond donors (Lipinski definition) is 4. The highest BCUT2D eigenvalue weighted by molar-refractivity contribution is 5.87. The summed E-state index contributed by atoms with van der Waals surface area (Å²) in [5.74, 6) is -2.37. The second-order valence-corrected chi connectivity index (χ2v) is 7.05. The minimum atomic E-state index is -1.57. The van der Waals surface area contributed by atoms with Crippen LogP contribution in [0.5, 0.6) is 0 Å². The van der Waals surface area contributed by atoms with Gasteiger partial charge in [-0.2, -0.15) is 0 Å². The highest BCUT2D eigenvalue weighted by atomic mass is 16.6. The van der Waals surface area contributed by atoms with E-state index in [2.05, 4.69) is 10.6 Å². The van der Waals surface area contributed by atoms with Crippen LogP contribution in [0, 0.1) is 5.92 Å². The summed E-state index contributed by atoms with van der Waals surface area (Å²) in [4.78, 5) is 35.1. The Balaban J connectivity index is 4.94. The number of carboxylic acids is 1. The Bertz CT molecular complexity index is 444. The van der Waals surface area contributed by atoms with Gasteiger partial charge in [0.15, 0.2) is 6.10 Å². The topological polar surface area (TPSA) is 125 Å². The Morgan fingerprint density at radius 3 is 2.04 bits per heavy atom. The van der Waals surface area contributed by atoms with Crippen LogP contribution in [-0.4, -0.2) is 52.0 Å². The van der Waals surface area contributed by atoms with Gasteiger partial charge in [-0.15, -0.1) is 0 Å². The van der Waals surface area contributed by atoms with Crippen molar-refractivity contribution in [3.05, 3.63) is 0 Å². The average Bonchev–Trinajstić information content (AvgIpc) is 2.40. The molecular weight excluding hydrogens is 316 g/mol. The van der Waals surface area contributed by atoms with Crippen molar-refractivity contribution in [1.82, 2.24) is 10.6 Å². The van der Waals surface area contributed by atoms with Crippen molar-refractivity contribution >= 4 is 18.0 Å². The van der Waals surface area contributed by atoms with E-state index in [1.54, 1.807) is 34.6 Å². The summed E-state index contributed by atoms with van der Waals surface area (Å²) in [5.41, 5.74) is -0.708. The molecule has 0 bridgehead atoms. The molecule has 0 aromatic heterocycles. The Kier molecular flexibility index (Phi) is 8.74. The summed E-state index contributed by atoms with van der Waals surface area (Å²) in [5, 5.41) is 24.1. The molecule has 0 aliphatic heterocycles. The van der Waals surface area contributed by atoms with Crippen molar-refractivity contribution in [3.8, 4) is 0 Å². The van der Waals surface area contributed by atoms with Crippen molar-refractivity contribution in [2.24, 2.45) is 5.92 Å². The Morgan fingerprint density at radius 2 is 1.67 bits per heavy atom. The molecule has 8 nitrogen and oxygen atoms in total. The highest BCUT2D eigenvalue weighted by Gasteiger charge is 2.32. The maximum Gasteiger partial charge on any atom is 0.407 e. The van der Waals surface area contributed by atoms with E-state index in [1.807, 2.05) is 6.92 Å². The summed E-state index contributed by atoms with van der Waals surface area (Å²) in [7, 11) is 0. The molecule has 0 spiro atoms. The molecule has 0 rings (SSSR count). The van der Waals surface area contributed by atoms with Crippen LogP contribution in [-0.2, 0) is 14.3 Å². The van der Waals surface area contributed by atoms with Crippen molar-refractivity contribution in [1.29, 1.82) is 0 Å². The fourth-order valence-electron chi connectivity index (χ4n) is 2.01. The number of carbonyl (C=O) groups excluding carboxylic acids is 2. The molecule has 3 atom stereocenters. The van der Waals surface area contributed by atoms with Crippen molar-refractivity contribution in [2.45, 2.75) is 78.2 Å². The van der Waals surface area contributed by atoms with Crippen LogP contribution in [0.3, 0.4) is 0 Å². The molecule has 0 aromatic rings. The number of carboxylic acid groups (broad SMARTS) is 1. The zero-order valence-corrected chi connectivity index (χ0v) is 15.3. The lowest BCUT2D eigenvalue weighted by Gasteiger charge is -2.27. The molecule has 0 aliphatic rings. The van der Waals surface area contributed by atoms with Gasteiger partial charge >= 0.3 is 12.1 Å². The van der Waals surface area contributed by atoms with E-state index in [1.165, 1.54) is 0 Å². The number of hydrogen-bond acceptors (Lipinski definition) is 5. The SMILES string of the molecule is CCC[C@H](NC(=O)OC(C)(C)C)C(O)C(=O)NC(C(=O)O)C(C)C. The van der Waals surface area contributed by atoms with Gasteiger partial charge in [0.05, 0.1) is 6.04 Å². The number of aliphatic hydroxyl groups is 1. The zero-order valence-electron chi connectivity index (χ0n) is 15.3. The van der Waals surface area contributed by atoms with Crippen molar-refractivity contribution < 1.29 is 29.3 Å². The van der Waals surface area contributed by atoms with Crippen LogP contribution in [0.15, 0.2) is 0 Å². The second kappa shape index (κ2) is 9.46. The predicted molar refractivity (Wildman–Crippen MR) is 88.5 cm³/mol. The van der Waals surface area contributed by atoms with Gasteiger partial charge in [0.25, 0.3) is 5.91 Å². The van der Waals surface area contributed by atoms with Gasteiger partial charge in [-0.3, -0.25) is 4.79 Å². The summed E-state index contributed by atoms with van der Waals surface area (Å²) in [6, 6.07) is -1.98. The van der Waals surface area contributed by atoms with Gasteiger partial charge in [-0.1, -0.05) is 27.2 Å². The van der Waals surface area contributed by atoms with Gasteiger partial charge in [0.2, 0.25) is 0 Å². The monoisotopic (exact) mass is 346 g/mol. The first-order valence-electron chi connectivity index (χ1n) is 8.09. The molecular formula is C16H30N2O6. The van der Waals surface area contributed by atoms with E-state index in [0.29, 0.717) is 12.8 Å². The number of aliphatic hydroxyl groups excluding tert-OH is 1. The van der Waals surface area contributed by atoms with E-state index in [0.717, 1.165) is 0 Å². The molecule has 0 radical (unpaired) electrons. The van der Waals surface area contributed by atoms with E-state index in [9.17, 15) is 19.5 Å². The van der Waals surface area contributed by atoms with E-state index in [-0.39, 0.29) is 5.92 Å². The van der Waals surface area contributed by atoms with E-state index in [4.69, 9.17) is 9.84 Å². The minimum absolute atomic E-state index is 0.341. The maximum absolute atomic E-state index is 12.1. The Labute approximate surface area is 142 Å². The highest BCUT2D eigenvalue weighted by Crippen LogP contribution is 2.10. The Morgan fingerprint density at radius 1 is 1.12 bits per heavy atom. The number of rotatable bonds is 8. The summed E-state index contributed by atoms with van der Waals surface area (Å²) < 4.78 is 5.12. The van der Waals surface area contributed by atoms with E-state index < -0.39 is 41.8 Å². The lowest BCUT2D eigenvalue weighted by molar-refractivity contribution is -0.145. The normalized spacial score (nSPS) is 15.3. The summed E-state index contributed by atoms with van der Waals surface area (Å²) >= 11 is 0. The summed E-state index contributed by atoms with van der Waals surface area (Å²) in [6.07, 6.45) is -1.37. The first-order chi connectivity index (χ1) is 10.9. The molecule has 2 amide bonds. The number of nitrogens with one attached hydrogen (secondary N) is 2. The quantitative estimate of drug-likeness (QED) is 0.524. The van der Waals surface area contributed by atoms with Crippen LogP contribution in [0.25, 0.3) is 0 Å². The molecule has 0 aromatic carbocycles. The van der Waals surface area contributed by atoms with Crippen LogP contribution in [0.1, 0.15) is 54.4 Å². The standard InChI is InChI=1S/C16H30N2O6/c1-7-8-10(17-15(23)24-16(4,5)6)12(19)13(20)18-11(9(2)3)14(21)22/h9-12,19H,7-8H2,1-6H3,(H,17,23)(H,18,20)(H,21,22)/t10-,11?,12?/m0/s1. The molecule has 0 heterocycles. The molecule has 0 saturated heterocycles. The largest absolute Gasteiger partial charge is 0.480 e. The molecule has 8 heteroatoms. The molecule has 0 fully saturated rings. The average molecular weight is 346 g/mol. The van der Waals surface area contributed by atoms with Gasteiger partial charge in [-0.05, 0) is 33.1 Å². The van der Waals surface area contributed by atoms with Crippen LogP contribution >= 0.6 is 0 Å². The molecule has 2 unspecified atom stereocenters. The van der Waals surface area contributed by atoms with Gasteiger partial charge in [0.1, 0.15) is 11.6 Å². The Hall–Kier alpha value is -1.83. The predicted octanol–water partition coefficient (Wildman–Crippen LogP) is 1.27. The lowest BCUT2D eigenvalue weighted by atomic mass is 10.0. The minimum Gasteiger partial charge on any atom is -0.480 e. The maximum atomic E-state index is 12.1. The molecule has 0 aliphatic carbocycles. The van der Waals surface area contributed by atoms with E-state index >= 15 is 0 Å². The third kappa shape index (κ3) is 8.14.